The van der Waals surface area contributed by atoms with Gasteiger partial charge >= 0.3 is 0 Å². The van der Waals surface area contributed by atoms with Gasteiger partial charge in [-0.1, -0.05) is 28.8 Å². The summed E-state index contributed by atoms with van der Waals surface area (Å²) in [6.07, 6.45) is 7.74. The molecule has 1 aromatic rings. The van der Waals surface area contributed by atoms with E-state index in [2.05, 4.69) is 37.2 Å². The van der Waals surface area contributed by atoms with E-state index >= 15 is 0 Å². The van der Waals surface area contributed by atoms with Crippen molar-refractivity contribution in [1.29, 1.82) is 0 Å². The molecular weight excluding hydrogens is 370 g/mol. The highest BCUT2D eigenvalue weighted by Crippen LogP contribution is 2.28. The third-order valence-corrected chi connectivity index (χ3v) is 4.35. The fourth-order valence-corrected chi connectivity index (χ4v) is 3.11. The Kier molecular flexibility index (Phi) is 6.68. The molecule has 4 heteroatoms. The molecule has 1 aromatic carbocycles. The van der Waals surface area contributed by atoms with Crippen LogP contribution in [0.25, 0.3) is 0 Å². The van der Waals surface area contributed by atoms with E-state index in [1.54, 1.807) is 0 Å². The zero-order chi connectivity index (χ0) is 13.5. The van der Waals surface area contributed by atoms with Crippen molar-refractivity contribution in [2.45, 2.75) is 44.6 Å². The van der Waals surface area contributed by atoms with Crippen molar-refractivity contribution in [3.05, 3.63) is 27.1 Å². The normalized spacial score (nSPS) is 14.6. The summed E-state index contributed by atoms with van der Waals surface area (Å²) < 4.78 is 7.84. The lowest BCUT2D eigenvalue weighted by molar-refractivity contribution is 0.302. The summed E-state index contributed by atoms with van der Waals surface area (Å²) in [6, 6.07) is 6.86. The van der Waals surface area contributed by atoms with Crippen LogP contribution < -0.4 is 10.1 Å². The zero-order valence-corrected chi connectivity index (χ0v) is 14.3. The van der Waals surface area contributed by atoms with E-state index in [4.69, 9.17) is 4.74 Å². The molecule has 0 saturated heterocycles. The van der Waals surface area contributed by atoms with E-state index in [-0.39, 0.29) is 0 Å². The third-order valence-electron chi connectivity index (χ3n) is 3.23. The molecule has 0 spiro atoms. The second-order valence-corrected chi connectivity index (χ2v) is 6.84. The minimum atomic E-state index is 0.802. The Morgan fingerprint density at radius 1 is 1.11 bits per heavy atom. The van der Waals surface area contributed by atoms with Gasteiger partial charge in [-0.05, 0) is 66.4 Å². The van der Waals surface area contributed by atoms with Crippen molar-refractivity contribution in [3.8, 4) is 5.75 Å². The maximum absolute atomic E-state index is 5.76. The first kappa shape index (κ1) is 15.3. The van der Waals surface area contributed by atoms with E-state index in [1.807, 2.05) is 18.2 Å². The van der Waals surface area contributed by atoms with Crippen LogP contribution in [0.5, 0.6) is 5.75 Å². The highest BCUT2D eigenvalue weighted by atomic mass is 79.9. The monoisotopic (exact) mass is 389 g/mol. The Morgan fingerprint density at radius 3 is 2.63 bits per heavy atom. The Bertz CT molecular complexity index is 394. The summed E-state index contributed by atoms with van der Waals surface area (Å²) in [5.41, 5.74) is 0. The molecule has 0 atom stereocenters. The summed E-state index contributed by atoms with van der Waals surface area (Å²) in [7, 11) is 0. The van der Waals surface area contributed by atoms with Crippen LogP contribution in [-0.2, 0) is 0 Å². The van der Waals surface area contributed by atoms with Gasteiger partial charge in [-0.25, -0.2) is 0 Å². The first-order valence-corrected chi connectivity index (χ1v) is 8.65. The summed E-state index contributed by atoms with van der Waals surface area (Å²) in [4.78, 5) is 0. The van der Waals surface area contributed by atoms with E-state index in [0.29, 0.717) is 0 Å². The number of halogens is 2. The molecule has 0 bridgehead atoms. The number of hydrogen-bond donors (Lipinski definition) is 1. The fraction of sp³-hybridized carbons (Fsp3) is 0.600. The highest BCUT2D eigenvalue weighted by molar-refractivity contribution is 9.11. The molecule has 2 nitrogen and oxygen atoms in total. The smallest absolute Gasteiger partial charge is 0.133 e. The molecule has 1 fully saturated rings. The fourth-order valence-electron chi connectivity index (χ4n) is 1.95. The van der Waals surface area contributed by atoms with Crippen LogP contribution in [0.15, 0.2) is 27.1 Å². The molecule has 1 saturated carbocycles. The first-order valence-electron chi connectivity index (χ1n) is 7.07. The Labute approximate surface area is 132 Å². The van der Waals surface area contributed by atoms with Crippen LogP contribution >= 0.6 is 31.9 Å². The van der Waals surface area contributed by atoms with Gasteiger partial charge in [-0.2, -0.15) is 0 Å². The first-order chi connectivity index (χ1) is 9.25. The second kappa shape index (κ2) is 8.28. The summed E-state index contributed by atoms with van der Waals surface area (Å²) in [6.45, 7) is 1.99. The maximum atomic E-state index is 5.76. The molecule has 1 aliphatic carbocycles. The van der Waals surface area contributed by atoms with Gasteiger partial charge in [0.25, 0.3) is 0 Å². The van der Waals surface area contributed by atoms with Gasteiger partial charge in [-0.15, -0.1) is 0 Å². The molecule has 0 heterocycles. The molecule has 1 N–H and O–H groups in total. The molecule has 0 unspecified atom stereocenters. The lowest BCUT2D eigenvalue weighted by Crippen LogP contribution is -2.17. The SMILES string of the molecule is Brc1ccc(OCCCCCCNC2CC2)c(Br)c1. The van der Waals surface area contributed by atoms with Gasteiger partial charge in [0.1, 0.15) is 5.75 Å². The van der Waals surface area contributed by atoms with Crippen LogP contribution in [0, 0.1) is 0 Å². The maximum Gasteiger partial charge on any atom is 0.133 e. The van der Waals surface area contributed by atoms with Crippen molar-refractivity contribution in [2.75, 3.05) is 13.2 Å². The van der Waals surface area contributed by atoms with Crippen molar-refractivity contribution >= 4 is 31.9 Å². The van der Waals surface area contributed by atoms with Crippen molar-refractivity contribution in [2.24, 2.45) is 0 Å². The Morgan fingerprint density at radius 2 is 1.89 bits per heavy atom. The largest absolute Gasteiger partial charge is 0.492 e. The molecule has 1 aliphatic rings. The number of nitrogens with one attached hydrogen (secondary N) is 1. The van der Waals surface area contributed by atoms with Gasteiger partial charge in [-0.3, -0.25) is 0 Å². The van der Waals surface area contributed by atoms with Crippen LogP contribution in [0.4, 0.5) is 0 Å². The highest BCUT2D eigenvalue weighted by Gasteiger charge is 2.19. The van der Waals surface area contributed by atoms with E-state index in [1.165, 1.54) is 38.6 Å². The van der Waals surface area contributed by atoms with Crippen LogP contribution in [0.3, 0.4) is 0 Å². The van der Waals surface area contributed by atoms with Crippen LogP contribution in [0.2, 0.25) is 0 Å². The van der Waals surface area contributed by atoms with E-state index in [9.17, 15) is 0 Å². The van der Waals surface area contributed by atoms with Crippen molar-refractivity contribution < 1.29 is 4.74 Å². The second-order valence-electron chi connectivity index (χ2n) is 5.07. The molecule has 2 rings (SSSR count). The predicted molar refractivity (Wildman–Crippen MR) is 86.8 cm³/mol. The number of benzene rings is 1. The van der Waals surface area contributed by atoms with E-state index < -0.39 is 0 Å². The molecule has 106 valence electrons. The Balaban J connectivity index is 1.48. The summed E-state index contributed by atoms with van der Waals surface area (Å²) in [5.74, 6) is 0.929. The van der Waals surface area contributed by atoms with Gasteiger partial charge < -0.3 is 10.1 Å². The molecule has 0 amide bonds. The average molecular weight is 391 g/mol. The molecule has 0 aliphatic heterocycles. The minimum Gasteiger partial charge on any atom is -0.492 e. The number of hydrogen-bond acceptors (Lipinski definition) is 2. The van der Waals surface area contributed by atoms with Gasteiger partial charge in [0.15, 0.2) is 0 Å². The standard InChI is InChI=1S/C15H21Br2NO/c16-12-5-8-15(14(17)11-12)19-10-4-2-1-3-9-18-13-6-7-13/h5,8,11,13,18H,1-4,6-7,9-10H2. The predicted octanol–water partition coefficient (Wildman–Crippen LogP) is 4.90. The number of ether oxygens (including phenoxy) is 1. The molecule has 19 heavy (non-hydrogen) atoms. The summed E-state index contributed by atoms with van der Waals surface area (Å²) in [5, 5.41) is 3.54. The summed E-state index contributed by atoms with van der Waals surface area (Å²) >= 11 is 6.94. The molecule has 0 aromatic heterocycles. The lowest BCUT2D eigenvalue weighted by Gasteiger charge is -2.08. The van der Waals surface area contributed by atoms with E-state index in [0.717, 1.165) is 33.8 Å². The minimum absolute atomic E-state index is 0.802. The van der Waals surface area contributed by atoms with Crippen LogP contribution in [-0.4, -0.2) is 19.2 Å². The topological polar surface area (TPSA) is 21.3 Å². The zero-order valence-electron chi connectivity index (χ0n) is 11.1. The quantitative estimate of drug-likeness (QED) is 0.605. The van der Waals surface area contributed by atoms with Gasteiger partial charge in [0.2, 0.25) is 0 Å². The molecule has 0 radical (unpaired) electrons. The van der Waals surface area contributed by atoms with Gasteiger partial charge in [0.05, 0.1) is 11.1 Å². The van der Waals surface area contributed by atoms with Crippen LogP contribution in [0.1, 0.15) is 38.5 Å². The number of unbranched alkanes of at least 4 members (excludes halogenated alkanes) is 3. The molecular formula is C15H21Br2NO. The Hall–Kier alpha value is -0.0600. The number of rotatable bonds is 9. The van der Waals surface area contributed by atoms with Crippen molar-refractivity contribution in [3.63, 3.8) is 0 Å². The van der Waals surface area contributed by atoms with Crippen molar-refractivity contribution in [1.82, 2.24) is 5.32 Å². The van der Waals surface area contributed by atoms with Gasteiger partial charge in [0, 0.05) is 10.5 Å². The lowest BCUT2D eigenvalue weighted by atomic mass is 10.2. The third kappa shape index (κ3) is 6.28. The average Bonchev–Trinajstić information content (AvgIpc) is 3.19.